The average Bonchev–Trinajstić information content (AvgIpc) is 2.29. The molecule has 0 saturated carbocycles. The Labute approximate surface area is 115 Å². The van der Waals surface area contributed by atoms with Crippen LogP contribution in [0.15, 0.2) is 42.5 Å². The summed E-state index contributed by atoms with van der Waals surface area (Å²) in [6.45, 7) is 0.669. The maximum absolute atomic E-state index is 6.07. The summed E-state index contributed by atoms with van der Waals surface area (Å²) in [4.78, 5) is 0. The van der Waals surface area contributed by atoms with Gasteiger partial charge in [-0.3, -0.25) is 0 Å². The summed E-state index contributed by atoms with van der Waals surface area (Å²) in [5.74, 6) is 0. The topological polar surface area (TPSA) is 12.0 Å². The van der Waals surface area contributed by atoms with Gasteiger partial charge in [-0.05, 0) is 17.7 Å². The lowest BCUT2D eigenvalue weighted by molar-refractivity contribution is 1.15. The van der Waals surface area contributed by atoms with Gasteiger partial charge < -0.3 is 5.32 Å². The van der Waals surface area contributed by atoms with E-state index in [2.05, 4.69) is 5.32 Å². The van der Waals surface area contributed by atoms with Crippen LogP contribution in [0.25, 0.3) is 0 Å². The van der Waals surface area contributed by atoms with Gasteiger partial charge in [-0.25, -0.2) is 0 Å². The van der Waals surface area contributed by atoms with E-state index in [1.807, 2.05) is 30.3 Å². The van der Waals surface area contributed by atoms with Crippen LogP contribution < -0.4 is 5.32 Å². The van der Waals surface area contributed by atoms with E-state index in [4.69, 9.17) is 34.8 Å². The van der Waals surface area contributed by atoms with Gasteiger partial charge >= 0.3 is 0 Å². The van der Waals surface area contributed by atoms with Crippen molar-refractivity contribution in [3.63, 3.8) is 0 Å². The normalized spacial score (nSPS) is 10.3. The quantitative estimate of drug-likeness (QED) is 0.811. The molecule has 17 heavy (non-hydrogen) atoms. The highest BCUT2D eigenvalue weighted by atomic mass is 35.5. The molecule has 0 fully saturated rings. The number of hydrogen-bond donors (Lipinski definition) is 1. The minimum absolute atomic E-state index is 0.526. The molecule has 0 aliphatic rings. The van der Waals surface area contributed by atoms with Gasteiger partial charge in [0.05, 0.1) is 15.7 Å². The molecule has 0 aliphatic carbocycles. The summed E-state index contributed by atoms with van der Waals surface area (Å²) < 4.78 is 0. The van der Waals surface area contributed by atoms with Crippen molar-refractivity contribution in [2.45, 2.75) is 6.54 Å². The summed E-state index contributed by atoms with van der Waals surface area (Å²) in [6.07, 6.45) is 0. The third kappa shape index (κ3) is 3.29. The van der Waals surface area contributed by atoms with E-state index in [0.717, 1.165) is 5.56 Å². The Balaban J connectivity index is 2.15. The number of nitrogens with one attached hydrogen (secondary N) is 1. The largest absolute Gasteiger partial charge is 0.379 e. The predicted octanol–water partition coefficient (Wildman–Crippen LogP) is 5.26. The maximum atomic E-state index is 6.07. The molecule has 0 saturated heterocycles. The predicted molar refractivity (Wildman–Crippen MR) is 75.2 cm³/mol. The highest BCUT2D eigenvalue weighted by Crippen LogP contribution is 2.33. The summed E-state index contributed by atoms with van der Waals surface area (Å²) in [7, 11) is 0. The zero-order chi connectivity index (χ0) is 12.3. The van der Waals surface area contributed by atoms with Crippen LogP contribution in [-0.4, -0.2) is 0 Å². The molecule has 1 N–H and O–H groups in total. The van der Waals surface area contributed by atoms with E-state index in [1.165, 1.54) is 0 Å². The van der Waals surface area contributed by atoms with Crippen LogP contribution in [0.3, 0.4) is 0 Å². The highest BCUT2D eigenvalue weighted by Gasteiger charge is 2.07. The van der Waals surface area contributed by atoms with E-state index in [9.17, 15) is 0 Å². The third-order valence-electron chi connectivity index (χ3n) is 2.32. The van der Waals surface area contributed by atoms with Crippen LogP contribution in [0.1, 0.15) is 5.56 Å². The number of rotatable bonds is 3. The molecular formula is C13H10Cl3N. The van der Waals surface area contributed by atoms with Crippen molar-refractivity contribution in [3.05, 3.63) is 63.1 Å². The lowest BCUT2D eigenvalue weighted by atomic mass is 10.2. The van der Waals surface area contributed by atoms with Gasteiger partial charge in [0, 0.05) is 11.6 Å². The van der Waals surface area contributed by atoms with Gasteiger partial charge in [-0.15, -0.1) is 0 Å². The molecule has 2 aromatic rings. The number of halogens is 3. The van der Waals surface area contributed by atoms with Crippen molar-refractivity contribution in [1.82, 2.24) is 0 Å². The smallest absolute Gasteiger partial charge is 0.0722 e. The van der Waals surface area contributed by atoms with Gasteiger partial charge in [0.1, 0.15) is 0 Å². The molecule has 0 heterocycles. The van der Waals surface area contributed by atoms with E-state index < -0.39 is 0 Å². The fraction of sp³-hybridized carbons (Fsp3) is 0.0769. The first-order valence-electron chi connectivity index (χ1n) is 5.09. The van der Waals surface area contributed by atoms with Gasteiger partial charge in [0.2, 0.25) is 0 Å². The lowest BCUT2D eigenvalue weighted by Gasteiger charge is -2.10. The lowest BCUT2D eigenvalue weighted by Crippen LogP contribution is -2.00. The highest BCUT2D eigenvalue weighted by molar-refractivity contribution is 6.41. The fourth-order valence-corrected chi connectivity index (χ4v) is 2.45. The van der Waals surface area contributed by atoms with Crippen LogP contribution in [-0.2, 0) is 6.54 Å². The van der Waals surface area contributed by atoms with Crippen molar-refractivity contribution in [1.29, 1.82) is 0 Å². The van der Waals surface area contributed by atoms with Gasteiger partial charge in [-0.2, -0.15) is 0 Å². The summed E-state index contributed by atoms with van der Waals surface area (Å²) in [5.41, 5.74) is 1.87. The molecular weight excluding hydrogens is 277 g/mol. The van der Waals surface area contributed by atoms with Crippen LogP contribution >= 0.6 is 34.8 Å². The molecule has 0 amide bonds. The number of anilines is 1. The summed E-state index contributed by atoms with van der Waals surface area (Å²) in [5, 5.41) is 4.79. The Hall–Kier alpha value is -0.890. The Morgan fingerprint density at radius 3 is 2.06 bits per heavy atom. The molecule has 4 heteroatoms. The SMILES string of the molecule is Clc1cc(Cl)c(NCc2ccccc2)c(Cl)c1. The molecule has 0 radical (unpaired) electrons. The Kier molecular flexibility index (Phi) is 4.16. The average molecular weight is 287 g/mol. The van der Waals surface area contributed by atoms with E-state index in [-0.39, 0.29) is 0 Å². The molecule has 0 aliphatic heterocycles. The Morgan fingerprint density at radius 2 is 1.47 bits per heavy atom. The van der Waals surface area contributed by atoms with Crippen LogP contribution in [0.2, 0.25) is 15.1 Å². The zero-order valence-electron chi connectivity index (χ0n) is 8.88. The van der Waals surface area contributed by atoms with Crippen molar-refractivity contribution >= 4 is 40.5 Å². The first-order valence-corrected chi connectivity index (χ1v) is 6.22. The second-order valence-corrected chi connectivity index (χ2v) is 4.83. The molecule has 0 unspecified atom stereocenters. The van der Waals surface area contributed by atoms with Crippen molar-refractivity contribution in [3.8, 4) is 0 Å². The standard InChI is InChI=1S/C13H10Cl3N/c14-10-6-11(15)13(12(16)7-10)17-8-9-4-2-1-3-5-9/h1-7,17H,8H2. The van der Waals surface area contributed by atoms with Crippen molar-refractivity contribution in [2.24, 2.45) is 0 Å². The van der Waals surface area contributed by atoms with E-state index >= 15 is 0 Å². The molecule has 0 aromatic heterocycles. The molecule has 0 bridgehead atoms. The molecule has 2 aromatic carbocycles. The number of benzene rings is 2. The first-order chi connectivity index (χ1) is 8.16. The van der Waals surface area contributed by atoms with E-state index in [1.54, 1.807) is 12.1 Å². The van der Waals surface area contributed by atoms with Crippen molar-refractivity contribution in [2.75, 3.05) is 5.32 Å². The van der Waals surface area contributed by atoms with Crippen LogP contribution in [0.5, 0.6) is 0 Å². The van der Waals surface area contributed by atoms with Gasteiger partial charge in [-0.1, -0.05) is 65.1 Å². The van der Waals surface area contributed by atoms with Crippen LogP contribution in [0, 0.1) is 0 Å². The Bertz CT molecular complexity index is 488. The fourth-order valence-electron chi connectivity index (χ4n) is 1.50. The first kappa shape index (κ1) is 12.6. The summed E-state index contributed by atoms with van der Waals surface area (Å²) in [6, 6.07) is 13.4. The maximum Gasteiger partial charge on any atom is 0.0722 e. The summed E-state index contributed by atoms with van der Waals surface area (Å²) >= 11 is 18.0. The minimum atomic E-state index is 0.526. The zero-order valence-corrected chi connectivity index (χ0v) is 11.2. The van der Waals surface area contributed by atoms with Gasteiger partial charge in [0.25, 0.3) is 0 Å². The number of hydrogen-bond acceptors (Lipinski definition) is 1. The second-order valence-electron chi connectivity index (χ2n) is 3.58. The molecule has 0 spiro atoms. The molecule has 2 rings (SSSR count). The van der Waals surface area contributed by atoms with Crippen LogP contribution in [0.4, 0.5) is 5.69 Å². The Morgan fingerprint density at radius 1 is 0.882 bits per heavy atom. The van der Waals surface area contributed by atoms with Gasteiger partial charge in [0.15, 0.2) is 0 Å². The monoisotopic (exact) mass is 285 g/mol. The third-order valence-corrected chi connectivity index (χ3v) is 3.13. The van der Waals surface area contributed by atoms with E-state index in [0.29, 0.717) is 27.3 Å². The second kappa shape index (κ2) is 5.63. The molecule has 0 atom stereocenters. The molecule has 88 valence electrons. The van der Waals surface area contributed by atoms with Crippen molar-refractivity contribution < 1.29 is 0 Å². The minimum Gasteiger partial charge on any atom is -0.379 e. The molecule has 1 nitrogen and oxygen atoms in total.